The number of aryl methyl sites for hydroxylation is 1. The maximum atomic E-state index is 12.2. The van der Waals surface area contributed by atoms with E-state index < -0.39 is 10.0 Å². The smallest absolute Gasteiger partial charge is 0.220 e. The van der Waals surface area contributed by atoms with E-state index in [4.69, 9.17) is 0 Å². The molecule has 26 heavy (non-hydrogen) atoms. The summed E-state index contributed by atoms with van der Waals surface area (Å²) in [6.45, 7) is 7.93. The van der Waals surface area contributed by atoms with Crippen molar-refractivity contribution in [3.63, 3.8) is 0 Å². The van der Waals surface area contributed by atoms with Gasteiger partial charge in [0, 0.05) is 26.1 Å². The molecule has 0 aromatic heterocycles. The van der Waals surface area contributed by atoms with Crippen LogP contribution in [0.5, 0.6) is 0 Å². The van der Waals surface area contributed by atoms with E-state index in [0.29, 0.717) is 25.9 Å². The van der Waals surface area contributed by atoms with Crippen LogP contribution in [0.1, 0.15) is 57.6 Å². The number of nitrogens with one attached hydrogen (secondary N) is 1. The number of benzene rings is 1. The van der Waals surface area contributed by atoms with Gasteiger partial charge in [0.25, 0.3) is 0 Å². The fourth-order valence-corrected chi connectivity index (χ4v) is 4.54. The summed E-state index contributed by atoms with van der Waals surface area (Å²) in [5.74, 6) is -0.113. The van der Waals surface area contributed by atoms with Gasteiger partial charge < -0.3 is 5.32 Å². The summed E-state index contributed by atoms with van der Waals surface area (Å²) in [6, 6.07) is 8.35. The Kier molecular flexibility index (Phi) is 7.24. The second kappa shape index (κ2) is 9.00. The summed E-state index contributed by atoms with van der Waals surface area (Å²) in [5.41, 5.74) is 2.51. The predicted octanol–water partition coefficient (Wildman–Crippen LogP) is 2.85. The standard InChI is InChI=1S/C20H32N2O3S/c1-20(2,3)18-10-7-17(8-11-18)9-12-19(23)21-13-16-26(24,25)22-14-5-4-6-15-22/h7-8,10-11H,4-6,9,12-16H2,1-3H3,(H,21,23). The Balaban J connectivity index is 1.72. The van der Waals surface area contributed by atoms with Gasteiger partial charge in [0.1, 0.15) is 0 Å². The Morgan fingerprint density at radius 2 is 1.69 bits per heavy atom. The van der Waals surface area contributed by atoms with Crippen molar-refractivity contribution in [3.8, 4) is 0 Å². The van der Waals surface area contributed by atoms with Crippen LogP contribution in [0.15, 0.2) is 24.3 Å². The van der Waals surface area contributed by atoms with Crippen LogP contribution in [0.4, 0.5) is 0 Å². The molecule has 1 aliphatic heterocycles. The van der Waals surface area contributed by atoms with Gasteiger partial charge in [0.05, 0.1) is 5.75 Å². The van der Waals surface area contributed by atoms with E-state index in [-0.39, 0.29) is 23.6 Å². The minimum Gasteiger partial charge on any atom is -0.355 e. The molecule has 1 N–H and O–H groups in total. The molecule has 1 aliphatic rings. The molecule has 0 atom stereocenters. The normalized spacial score (nSPS) is 16.4. The fraction of sp³-hybridized carbons (Fsp3) is 0.650. The molecule has 0 spiro atoms. The lowest BCUT2D eigenvalue weighted by Gasteiger charge is -2.25. The Hall–Kier alpha value is -1.40. The van der Waals surface area contributed by atoms with Gasteiger partial charge in [-0.1, -0.05) is 51.5 Å². The highest BCUT2D eigenvalue weighted by molar-refractivity contribution is 7.89. The van der Waals surface area contributed by atoms with Crippen LogP contribution in [0.2, 0.25) is 0 Å². The highest BCUT2D eigenvalue weighted by Crippen LogP contribution is 2.22. The summed E-state index contributed by atoms with van der Waals surface area (Å²) >= 11 is 0. The number of hydrogen-bond donors (Lipinski definition) is 1. The minimum atomic E-state index is -3.25. The van der Waals surface area contributed by atoms with Crippen molar-refractivity contribution < 1.29 is 13.2 Å². The summed E-state index contributed by atoms with van der Waals surface area (Å²) < 4.78 is 26.0. The molecule has 1 saturated heterocycles. The third-order valence-electron chi connectivity index (χ3n) is 4.85. The van der Waals surface area contributed by atoms with Gasteiger partial charge in [-0.25, -0.2) is 12.7 Å². The molecule has 1 aromatic carbocycles. The van der Waals surface area contributed by atoms with E-state index in [9.17, 15) is 13.2 Å². The average molecular weight is 381 g/mol. The third kappa shape index (κ3) is 6.40. The van der Waals surface area contributed by atoms with E-state index >= 15 is 0 Å². The van der Waals surface area contributed by atoms with Gasteiger partial charge in [-0.3, -0.25) is 4.79 Å². The molecule has 146 valence electrons. The maximum Gasteiger partial charge on any atom is 0.220 e. The molecule has 0 radical (unpaired) electrons. The molecule has 2 rings (SSSR count). The van der Waals surface area contributed by atoms with Crippen molar-refractivity contribution >= 4 is 15.9 Å². The monoisotopic (exact) mass is 380 g/mol. The first-order valence-electron chi connectivity index (χ1n) is 9.52. The maximum absolute atomic E-state index is 12.2. The van der Waals surface area contributed by atoms with Gasteiger partial charge in [0.2, 0.25) is 15.9 Å². The molecule has 1 amide bonds. The summed E-state index contributed by atoms with van der Waals surface area (Å²) in [4.78, 5) is 12.0. The lowest BCUT2D eigenvalue weighted by molar-refractivity contribution is -0.120. The zero-order valence-corrected chi connectivity index (χ0v) is 17.1. The van der Waals surface area contributed by atoms with Crippen LogP contribution < -0.4 is 5.32 Å². The van der Waals surface area contributed by atoms with E-state index in [2.05, 4.69) is 50.4 Å². The van der Waals surface area contributed by atoms with Crippen LogP contribution in [0, 0.1) is 0 Å². The number of carbonyl (C=O) groups is 1. The third-order valence-corrected chi connectivity index (χ3v) is 6.72. The van der Waals surface area contributed by atoms with Crippen LogP contribution >= 0.6 is 0 Å². The number of sulfonamides is 1. The zero-order valence-electron chi connectivity index (χ0n) is 16.3. The van der Waals surface area contributed by atoms with Crippen molar-refractivity contribution in [1.82, 2.24) is 9.62 Å². The molecule has 0 saturated carbocycles. The summed E-state index contributed by atoms with van der Waals surface area (Å²) in [6.07, 6.45) is 3.99. The second-order valence-electron chi connectivity index (χ2n) is 8.07. The molecule has 0 aliphatic carbocycles. The molecule has 1 aromatic rings. The van der Waals surface area contributed by atoms with Crippen LogP contribution in [0.25, 0.3) is 0 Å². The van der Waals surface area contributed by atoms with Crippen molar-refractivity contribution in [3.05, 3.63) is 35.4 Å². The second-order valence-corrected chi connectivity index (χ2v) is 10.2. The first-order chi connectivity index (χ1) is 12.2. The minimum absolute atomic E-state index is 0.0149. The van der Waals surface area contributed by atoms with Crippen LogP contribution in [-0.4, -0.2) is 44.0 Å². The van der Waals surface area contributed by atoms with Crippen molar-refractivity contribution in [2.75, 3.05) is 25.4 Å². The highest BCUT2D eigenvalue weighted by atomic mass is 32.2. The van der Waals surface area contributed by atoms with Gasteiger partial charge in [-0.15, -0.1) is 0 Å². The van der Waals surface area contributed by atoms with E-state index in [1.54, 1.807) is 4.31 Å². The topological polar surface area (TPSA) is 66.5 Å². The van der Waals surface area contributed by atoms with E-state index in [0.717, 1.165) is 24.8 Å². The lowest BCUT2D eigenvalue weighted by Crippen LogP contribution is -2.40. The van der Waals surface area contributed by atoms with Crippen LogP contribution in [0.3, 0.4) is 0 Å². The molecule has 5 nitrogen and oxygen atoms in total. The predicted molar refractivity (Wildman–Crippen MR) is 106 cm³/mol. The van der Waals surface area contributed by atoms with Crippen LogP contribution in [-0.2, 0) is 26.7 Å². The average Bonchev–Trinajstić information content (AvgIpc) is 2.60. The van der Waals surface area contributed by atoms with Gasteiger partial charge in [0.15, 0.2) is 0 Å². The first kappa shape index (κ1) is 20.9. The Morgan fingerprint density at radius 1 is 1.08 bits per heavy atom. The van der Waals surface area contributed by atoms with Crippen molar-refractivity contribution in [2.24, 2.45) is 0 Å². The number of rotatable bonds is 7. The highest BCUT2D eigenvalue weighted by Gasteiger charge is 2.23. The van der Waals surface area contributed by atoms with E-state index in [1.807, 2.05) is 0 Å². The van der Waals surface area contributed by atoms with Gasteiger partial charge >= 0.3 is 0 Å². The molecule has 0 bridgehead atoms. The fourth-order valence-electron chi connectivity index (χ4n) is 3.11. The Labute approximate surface area is 158 Å². The molecule has 1 fully saturated rings. The summed E-state index contributed by atoms with van der Waals surface area (Å²) in [7, 11) is -3.25. The van der Waals surface area contributed by atoms with Crippen molar-refractivity contribution in [1.29, 1.82) is 0 Å². The Bertz CT molecular complexity index is 685. The van der Waals surface area contributed by atoms with Gasteiger partial charge in [-0.05, 0) is 35.8 Å². The largest absolute Gasteiger partial charge is 0.355 e. The van der Waals surface area contributed by atoms with Gasteiger partial charge in [-0.2, -0.15) is 0 Å². The number of piperidine rings is 1. The summed E-state index contributed by atoms with van der Waals surface area (Å²) in [5, 5.41) is 2.74. The SMILES string of the molecule is CC(C)(C)c1ccc(CCC(=O)NCCS(=O)(=O)N2CCCCC2)cc1. The zero-order chi connectivity index (χ0) is 19.2. The van der Waals surface area contributed by atoms with E-state index in [1.165, 1.54) is 5.56 Å². The molecule has 1 heterocycles. The number of carbonyl (C=O) groups excluding carboxylic acids is 1. The van der Waals surface area contributed by atoms with Crippen molar-refractivity contribution in [2.45, 2.75) is 58.3 Å². The molecular formula is C20H32N2O3S. The number of amides is 1. The Morgan fingerprint density at radius 3 is 2.27 bits per heavy atom. The number of hydrogen-bond acceptors (Lipinski definition) is 3. The first-order valence-corrected chi connectivity index (χ1v) is 11.1. The lowest BCUT2D eigenvalue weighted by atomic mass is 9.86. The molecule has 0 unspecified atom stereocenters. The quantitative estimate of drug-likeness (QED) is 0.791. The number of nitrogens with zero attached hydrogens (tertiary/aromatic N) is 1. The molecule has 6 heteroatoms. The molecular weight excluding hydrogens is 348 g/mol.